The first-order chi connectivity index (χ1) is 18.1. The fourth-order valence-corrected chi connectivity index (χ4v) is 6.49. The highest BCUT2D eigenvalue weighted by Gasteiger charge is 2.61. The molecule has 2 fully saturated rings. The van der Waals surface area contributed by atoms with E-state index in [9.17, 15) is 20.0 Å². The number of hydrogen-bond donors (Lipinski definition) is 1. The number of imidazole rings is 1. The van der Waals surface area contributed by atoms with E-state index in [1.54, 1.807) is 21.1 Å². The Morgan fingerprint density at radius 3 is 2.51 bits per heavy atom. The van der Waals surface area contributed by atoms with Gasteiger partial charge in [0.05, 0.1) is 28.4 Å². The molecule has 2 aromatic heterocycles. The van der Waals surface area contributed by atoms with Gasteiger partial charge in [-0.25, -0.2) is 14.6 Å². The van der Waals surface area contributed by atoms with Crippen LogP contribution in [-0.2, 0) is 20.1 Å². The minimum absolute atomic E-state index is 0.0683. The molecular formula is C30H38N6O3. The number of piperazine rings is 1. The Kier molecular flexibility index (Phi) is 6.18. The third-order valence-corrected chi connectivity index (χ3v) is 8.57. The standard InChI is InChI=1S/C30H38N6O3/c1-28(2,3)17-35-24-11-10-23(32-25(24)33(7)26(35)37)22-12-19(8-9-20(22)14-31)15-34-18-30(29(4,5)6)13-21(34)16-36(30)27(38)39/h8-12,21H,13,15-18H2,1-7H3,(H,38,39)/t21-,30+/m1/s1. The van der Waals surface area contributed by atoms with Crippen molar-refractivity contribution < 1.29 is 9.90 Å². The van der Waals surface area contributed by atoms with Gasteiger partial charge in [-0.2, -0.15) is 5.26 Å². The van der Waals surface area contributed by atoms with Crippen LogP contribution in [0.3, 0.4) is 0 Å². The number of carbonyl (C=O) groups is 1. The SMILES string of the molecule is Cn1c(=O)n(CC(C)(C)C)c2ccc(-c3cc(CN4C[C@]5(C(C)(C)C)C[C@@H]4CN5C(=O)O)ccc3C#N)nc21. The number of nitriles is 1. The highest BCUT2D eigenvalue weighted by molar-refractivity contribution is 5.78. The second-order valence-corrected chi connectivity index (χ2v) is 13.5. The summed E-state index contributed by atoms with van der Waals surface area (Å²) in [6.07, 6.45) is -0.0241. The molecule has 0 radical (unpaired) electrons. The second kappa shape index (κ2) is 8.95. The monoisotopic (exact) mass is 530 g/mol. The molecule has 2 aliphatic rings. The molecule has 1 aromatic carbocycles. The number of rotatable bonds is 4. The topological polar surface area (TPSA) is 107 Å². The summed E-state index contributed by atoms with van der Waals surface area (Å²) in [5, 5.41) is 19.8. The minimum atomic E-state index is -0.847. The van der Waals surface area contributed by atoms with Crippen molar-refractivity contribution in [2.24, 2.45) is 17.9 Å². The van der Waals surface area contributed by atoms with Crippen molar-refractivity contribution in [2.45, 2.75) is 72.6 Å². The normalized spacial score (nSPS) is 21.6. The maximum Gasteiger partial charge on any atom is 0.407 e. The van der Waals surface area contributed by atoms with Crippen LogP contribution in [0.1, 0.15) is 59.1 Å². The van der Waals surface area contributed by atoms with Crippen molar-refractivity contribution in [1.82, 2.24) is 23.9 Å². The lowest BCUT2D eigenvalue weighted by Crippen LogP contribution is -2.61. The van der Waals surface area contributed by atoms with Gasteiger partial charge in [0.15, 0.2) is 5.65 Å². The first-order valence-corrected chi connectivity index (χ1v) is 13.5. The van der Waals surface area contributed by atoms with Gasteiger partial charge in [0, 0.05) is 44.8 Å². The van der Waals surface area contributed by atoms with E-state index in [2.05, 4.69) is 52.5 Å². The predicted molar refractivity (Wildman–Crippen MR) is 150 cm³/mol. The molecule has 0 saturated carbocycles. The lowest BCUT2D eigenvalue weighted by atomic mass is 9.73. The van der Waals surface area contributed by atoms with Crippen LogP contribution < -0.4 is 5.69 Å². The summed E-state index contributed by atoms with van der Waals surface area (Å²) in [6, 6.07) is 12.1. The molecule has 39 heavy (non-hydrogen) atoms. The first-order valence-electron chi connectivity index (χ1n) is 13.5. The number of amides is 1. The zero-order chi connectivity index (χ0) is 28.5. The fourth-order valence-electron chi connectivity index (χ4n) is 6.49. The summed E-state index contributed by atoms with van der Waals surface area (Å²) in [5.74, 6) is 0. The van der Waals surface area contributed by atoms with Crippen LogP contribution in [0.2, 0.25) is 0 Å². The Morgan fingerprint density at radius 1 is 1.18 bits per heavy atom. The Morgan fingerprint density at radius 2 is 1.90 bits per heavy atom. The Hall–Kier alpha value is -3.64. The Labute approximate surface area is 229 Å². The summed E-state index contributed by atoms with van der Waals surface area (Å²) >= 11 is 0. The molecule has 1 N–H and O–H groups in total. The van der Waals surface area contributed by atoms with Crippen molar-refractivity contribution >= 4 is 17.3 Å². The van der Waals surface area contributed by atoms with E-state index in [-0.39, 0.29) is 22.6 Å². The fraction of sp³-hybridized carbons (Fsp3) is 0.533. The molecule has 9 nitrogen and oxygen atoms in total. The van der Waals surface area contributed by atoms with Crippen molar-refractivity contribution in [3.8, 4) is 17.3 Å². The van der Waals surface area contributed by atoms with Crippen molar-refractivity contribution in [2.75, 3.05) is 13.1 Å². The average molecular weight is 531 g/mol. The van der Waals surface area contributed by atoms with Gasteiger partial charge in [-0.1, -0.05) is 47.6 Å². The maximum atomic E-state index is 13.0. The van der Waals surface area contributed by atoms with Gasteiger partial charge in [-0.3, -0.25) is 18.9 Å². The lowest BCUT2D eigenvalue weighted by Gasteiger charge is -2.48. The van der Waals surface area contributed by atoms with Crippen LogP contribution in [0.5, 0.6) is 0 Å². The van der Waals surface area contributed by atoms with E-state index >= 15 is 0 Å². The molecule has 0 aliphatic carbocycles. The summed E-state index contributed by atoms with van der Waals surface area (Å²) in [7, 11) is 1.73. The van der Waals surface area contributed by atoms with E-state index in [1.165, 1.54) is 0 Å². The van der Waals surface area contributed by atoms with Gasteiger partial charge in [-0.05, 0) is 47.1 Å². The zero-order valence-corrected chi connectivity index (χ0v) is 23.9. The van der Waals surface area contributed by atoms with Gasteiger partial charge in [0.2, 0.25) is 0 Å². The smallest absolute Gasteiger partial charge is 0.407 e. The van der Waals surface area contributed by atoms with E-state index in [0.29, 0.717) is 43.1 Å². The van der Waals surface area contributed by atoms with Crippen LogP contribution in [-0.4, -0.2) is 59.8 Å². The van der Waals surface area contributed by atoms with Gasteiger partial charge < -0.3 is 5.11 Å². The van der Waals surface area contributed by atoms with Gasteiger partial charge >= 0.3 is 11.8 Å². The number of carboxylic acid groups (broad SMARTS) is 1. The molecule has 1 amide bonds. The summed E-state index contributed by atoms with van der Waals surface area (Å²) in [4.78, 5) is 33.9. The van der Waals surface area contributed by atoms with Crippen molar-refractivity contribution in [1.29, 1.82) is 5.26 Å². The molecule has 2 saturated heterocycles. The molecule has 2 bridgehead atoms. The molecule has 206 valence electrons. The van der Waals surface area contributed by atoms with Crippen LogP contribution >= 0.6 is 0 Å². The van der Waals surface area contributed by atoms with Crippen LogP contribution in [0.4, 0.5) is 4.79 Å². The third-order valence-electron chi connectivity index (χ3n) is 8.57. The molecular weight excluding hydrogens is 492 g/mol. The minimum Gasteiger partial charge on any atom is -0.465 e. The number of likely N-dealkylation sites (tertiary alicyclic amines) is 2. The number of aryl methyl sites for hydroxylation is 1. The van der Waals surface area contributed by atoms with Crippen LogP contribution in [0.25, 0.3) is 22.4 Å². The lowest BCUT2D eigenvalue weighted by molar-refractivity contribution is 0.000908. The molecule has 2 aliphatic heterocycles. The largest absolute Gasteiger partial charge is 0.465 e. The molecule has 3 aromatic rings. The Balaban J connectivity index is 1.49. The molecule has 0 unspecified atom stereocenters. The molecule has 0 spiro atoms. The van der Waals surface area contributed by atoms with E-state index in [1.807, 2.05) is 30.3 Å². The summed E-state index contributed by atoms with van der Waals surface area (Å²) in [5.41, 5.74) is 3.53. The number of pyridine rings is 1. The van der Waals surface area contributed by atoms with Crippen LogP contribution in [0.15, 0.2) is 35.1 Å². The second-order valence-electron chi connectivity index (χ2n) is 13.5. The Bertz CT molecular complexity index is 1560. The first kappa shape index (κ1) is 26.9. The molecule has 9 heteroatoms. The van der Waals surface area contributed by atoms with E-state index in [4.69, 9.17) is 4.98 Å². The van der Waals surface area contributed by atoms with Gasteiger partial charge in [0.25, 0.3) is 0 Å². The number of hydrogen-bond acceptors (Lipinski definition) is 5. The summed E-state index contributed by atoms with van der Waals surface area (Å²) in [6.45, 7) is 15.1. The van der Waals surface area contributed by atoms with Crippen molar-refractivity contribution in [3.05, 3.63) is 51.9 Å². The predicted octanol–water partition coefficient (Wildman–Crippen LogP) is 4.67. The number of benzene rings is 1. The highest BCUT2D eigenvalue weighted by Crippen LogP contribution is 2.50. The van der Waals surface area contributed by atoms with Gasteiger partial charge in [0.1, 0.15) is 0 Å². The highest BCUT2D eigenvalue weighted by atomic mass is 16.4. The van der Waals surface area contributed by atoms with Crippen LogP contribution in [0, 0.1) is 22.2 Å². The van der Waals surface area contributed by atoms with E-state index < -0.39 is 11.6 Å². The molecule has 4 heterocycles. The molecule has 5 rings (SSSR count). The maximum absolute atomic E-state index is 13.0. The zero-order valence-electron chi connectivity index (χ0n) is 23.9. The van der Waals surface area contributed by atoms with E-state index in [0.717, 1.165) is 23.1 Å². The quantitative estimate of drug-likeness (QED) is 0.525. The van der Waals surface area contributed by atoms with Gasteiger partial charge in [-0.15, -0.1) is 0 Å². The summed E-state index contributed by atoms with van der Waals surface area (Å²) < 4.78 is 3.34. The third kappa shape index (κ3) is 4.41. The number of fused-ring (bicyclic) bond motifs is 3. The number of aromatic nitrogens is 3. The average Bonchev–Trinajstić information content (AvgIpc) is 3.49. The van der Waals surface area contributed by atoms with Crippen molar-refractivity contribution in [3.63, 3.8) is 0 Å². The number of nitrogens with zero attached hydrogens (tertiary/aromatic N) is 6. The molecule has 2 atom stereocenters.